The van der Waals surface area contributed by atoms with E-state index in [0.717, 1.165) is 4.31 Å². The second kappa shape index (κ2) is 11.0. The molecule has 41 heavy (non-hydrogen) atoms. The molecule has 3 aliphatic heterocycles. The number of ether oxygens (including phenoxy) is 1. The molecule has 12 heteroatoms. The third-order valence-corrected chi connectivity index (χ3v) is 9.70. The van der Waals surface area contributed by atoms with Crippen LogP contribution in [0.25, 0.3) is 5.76 Å². The molecule has 0 aliphatic carbocycles. The zero-order valence-corrected chi connectivity index (χ0v) is 24.2. The lowest BCUT2D eigenvalue weighted by atomic mass is 9.82. The molecule has 0 bridgehead atoms. The molecule has 0 saturated carbocycles. The maximum atomic E-state index is 14.5. The van der Waals surface area contributed by atoms with E-state index in [0.29, 0.717) is 57.1 Å². The molecule has 3 heterocycles. The van der Waals surface area contributed by atoms with Gasteiger partial charge in [-0.3, -0.25) is 19.3 Å². The fourth-order valence-corrected chi connectivity index (χ4v) is 6.79. The highest BCUT2D eigenvalue weighted by atomic mass is 32.2. The van der Waals surface area contributed by atoms with Gasteiger partial charge in [0.05, 0.1) is 29.4 Å². The predicted octanol–water partition coefficient (Wildman–Crippen LogP) is 1.60. The smallest absolute Gasteiger partial charge is 0.296 e. The van der Waals surface area contributed by atoms with E-state index in [1.807, 2.05) is 6.92 Å². The van der Waals surface area contributed by atoms with Gasteiger partial charge in [-0.05, 0) is 24.6 Å². The first-order valence-corrected chi connectivity index (χ1v) is 15.0. The molecule has 1 N–H and O–H groups in total. The maximum absolute atomic E-state index is 14.5. The van der Waals surface area contributed by atoms with Crippen LogP contribution >= 0.6 is 0 Å². The van der Waals surface area contributed by atoms with Gasteiger partial charge in [-0.15, -0.1) is 0 Å². The first kappa shape index (κ1) is 28.9. The number of likely N-dealkylation sites (tertiary alicyclic amines) is 1. The lowest BCUT2D eigenvalue weighted by Crippen LogP contribution is -2.54. The summed E-state index contributed by atoms with van der Waals surface area (Å²) in [5.74, 6) is -2.99. The minimum absolute atomic E-state index is 0.0118. The first-order chi connectivity index (χ1) is 19.6. The van der Waals surface area contributed by atoms with Crippen molar-refractivity contribution in [3.63, 3.8) is 0 Å². The summed E-state index contributed by atoms with van der Waals surface area (Å²) in [5, 5.41) is 11.7. The van der Waals surface area contributed by atoms with Gasteiger partial charge in [-0.2, -0.15) is 0 Å². The molecule has 1 atom stereocenters. The Labute approximate surface area is 239 Å². The molecule has 0 radical (unpaired) electrons. The summed E-state index contributed by atoms with van der Waals surface area (Å²) < 4.78 is 32.1. The summed E-state index contributed by atoms with van der Waals surface area (Å²) in [6.45, 7) is 5.13. The molecule has 2 aromatic rings. The molecule has 2 aromatic carbocycles. The Balaban J connectivity index is 1.72. The number of aliphatic hydroxyl groups excluding tert-OH is 1. The largest absolute Gasteiger partial charge is 0.507 e. The predicted molar refractivity (Wildman–Crippen MR) is 152 cm³/mol. The number of sulfonamides is 1. The van der Waals surface area contributed by atoms with Crippen molar-refractivity contribution in [3.05, 3.63) is 65.2 Å². The summed E-state index contributed by atoms with van der Waals surface area (Å²) in [6.07, 6.45) is 0.626. The number of anilines is 1. The van der Waals surface area contributed by atoms with Gasteiger partial charge in [0.25, 0.3) is 17.6 Å². The van der Waals surface area contributed by atoms with Crippen molar-refractivity contribution >= 4 is 39.1 Å². The van der Waals surface area contributed by atoms with Gasteiger partial charge in [0.2, 0.25) is 10.0 Å². The van der Waals surface area contributed by atoms with Gasteiger partial charge in [-0.25, -0.2) is 12.7 Å². The Morgan fingerprint density at radius 1 is 1.00 bits per heavy atom. The van der Waals surface area contributed by atoms with Crippen molar-refractivity contribution in [1.82, 2.24) is 14.1 Å². The van der Waals surface area contributed by atoms with E-state index >= 15 is 0 Å². The Bertz CT molecular complexity index is 1530. The molecule has 2 saturated heterocycles. The molecule has 2 fully saturated rings. The summed E-state index contributed by atoms with van der Waals surface area (Å²) in [5.41, 5.74) is -1.25. The number of nitrogens with zero attached hydrogens (tertiary/aromatic N) is 4. The number of aliphatic hydroxyl groups is 1. The average Bonchev–Trinajstić information content (AvgIpc) is 3.35. The standard InChI is InChI=1S/C29H34N4O7S/c1-4-12-32-23-11-6-5-10-22(23)29(28(32)37)24(25(34)20-8-7-9-21(19-20)41(38,39)30(2)3)26(35)27(36)33(29)14-13-31-15-17-40-18-16-31/h5-11,19,34H,4,12-18H2,1-3H3. The van der Waals surface area contributed by atoms with E-state index in [2.05, 4.69) is 4.90 Å². The zero-order valence-electron chi connectivity index (χ0n) is 23.4. The summed E-state index contributed by atoms with van der Waals surface area (Å²) in [6, 6.07) is 12.5. The van der Waals surface area contributed by atoms with Crippen LogP contribution < -0.4 is 4.90 Å². The normalized spacial score (nSPS) is 22.8. The lowest BCUT2D eigenvalue weighted by Gasteiger charge is -2.36. The molecule has 1 unspecified atom stereocenters. The summed E-state index contributed by atoms with van der Waals surface area (Å²) in [4.78, 5) is 46.9. The molecule has 11 nitrogen and oxygen atoms in total. The molecule has 3 aliphatic rings. The van der Waals surface area contributed by atoms with Gasteiger partial charge < -0.3 is 19.6 Å². The van der Waals surface area contributed by atoms with Crippen LogP contribution in [0.2, 0.25) is 0 Å². The minimum Gasteiger partial charge on any atom is -0.507 e. The van der Waals surface area contributed by atoms with Crippen LogP contribution in [0, 0.1) is 0 Å². The van der Waals surface area contributed by atoms with Crippen molar-refractivity contribution in [2.75, 3.05) is 64.9 Å². The number of benzene rings is 2. The fraction of sp³-hybridized carbons (Fsp3) is 0.414. The van der Waals surface area contributed by atoms with E-state index in [-0.39, 0.29) is 22.6 Å². The van der Waals surface area contributed by atoms with E-state index in [1.165, 1.54) is 43.3 Å². The molecular weight excluding hydrogens is 548 g/mol. The highest BCUT2D eigenvalue weighted by Crippen LogP contribution is 2.53. The van der Waals surface area contributed by atoms with Gasteiger partial charge >= 0.3 is 0 Å². The van der Waals surface area contributed by atoms with E-state index in [1.54, 1.807) is 29.2 Å². The number of amides is 2. The van der Waals surface area contributed by atoms with Crippen LogP contribution in [0.3, 0.4) is 0 Å². The zero-order chi connectivity index (χ0) is 29.5. The van der Waals surface area contributed by atoms with Crippen molar-refractivity contribution in [3.8, 4) is 0 Å². The number of rotatable bonds is 8. The van der Waals surface area contributed by atoms with Crippen molar-refractivity contribution in [2.45, 2.75) is 23.8 Å². The number of fused-ring (bicyclic) bond motifs is 2. The Kier molecular flexibility index (Phi) is 7.77. The van der Waals surface area contributed by atoms with Crippen molar-refractivity contribution < 1.29 is 32.6 Å². The number of morpholine rings is 1. The quantitative estimate of drug-likeness (QED) is 0.283. The van der Waals surface area contributed by atoms with Gasteiger partial charge in [0.1, 0.15) is 5.76 Å². The van der Waals surface area contributed by atoms with Crippen LogP contribution in [0.5, 0.6) is 0 Å². The molecule has 0 aromatic heterocycles. The van der Waals surface area contributed by atoms with Crippen LogP contribution in [-0.2, 0) is 34.7 Å². The highest BCUT2D eigenvalue weighted by molar-refractivity contribution is 7.89. The van der Waals surface area contributed by atoms with Crippen molar-refractivity contribution in [2.24, 2.45) is 0 Å². The average molecular weight is 583 g/mol. The third-order valence-electron chi connectivity index (χ3n) is 7.89. The second-order valence-electron chi connectivity index (χ2n) is 10.5. The summed E-state index contributed by atoms with van der Waals surface area (Å²) >= 11 is 0. The molecule has 2 amide bonds. The van der Waals surface area contributed by atoms with Crippen LogP contribution in [0.15, 0.2) is 59.0 Å². The number of carbonyl (C=O) groups excluding carboxylic acids is 3. The van der Waals surface area contributed by atoms with Gasteiger partial charge in [-0.1, -0.05) is 37.3 Å². The number of para-hydroxylation sites is 1. The molecule has 218 valence electrons. The van der Waals surface area contributed by atoms with Crippen LogP contribution in [-0.4, -0.2) is 105 Å². The van der Waals surface area contributed by atoms with Gasteiger partial charge in [0.15, 0.2) is 5.54 Å². The van der Waals surface area contributed by atoms with Crippen molar-refractivity contribution in [1.29, 1.82) is 0 Å². The fourth-order valence-electron chi connectivity index (χ4n) is 5.84. The number of hydrogen-bond donors (Lipinski definition) is 1. The maximum Gasteiger partial charge on any atom is 0.296 e. The van der Waals surface area contributed by atoms with E-state index in [9.17, 15) is 27.9 Å². The van der Waals surface area contributed by atoms with E-state index < -0.39 is 38.9 Å². The minimum atomic E-state index is -3.87. The van der Waals surface area contributed by atoms with Gasteiger partial charge in [0, 0.05) is 57.9 Å². The van der Waals surface area contributed by atoms with E-state index in [4.69, 9.17) is 4.74 Å². The highest BCUT2D eigenvalue weighted by Gasteiger charge is 2.67. The first-order valence-electron chi connectivity index (χ1n) is 13.6. The third kappa shape index (κ3) is 4.55. The molecule has 1 spiro atoms. The number of hydrogen-bond acceptors (Lipinski definition) is 8. The molecular formula is C29H34N4O7S. The van der Waals surface area contributed by atoms with Crippen LogP contribution in [0.1, 0.15) is 24.5 Å². The van der Waals surface area contributed by atoms with Crippen LogP contribution in [0.4, 0.5) is 5.69 Å². The Morgan fingerprint density at radius 3 is 2.39 bits per heavy atom. The number of carbonyl (C=O) groups is 3. The molecule has 5 rings (SSSR count). The monoisotopic (exact) mass is 582 g/mol. The Morgan fingerprint density at radius 2 is 1.71 bits per heavy atom. The number of ketones is 1. The summed E-state index contributed by atoms with van der Waals surface area (Å²) in [7, 11) is -1.10. The Hall–Kier alpha value is -3.58. The number of Topliss-reactive ketones (excluding diaryl/α,β-unsaturated/α-hetero) is 1. The lowest BCUT2D eigenvalue weighted by molar-refractivity contribution is -0.144. The topological polar surface area (TPSA) is 128 Å². The second-order valence-corrected chi connectivity index (χ2v) is 12.6. The SMILES string of the molecule is CCCN1C(=O)C2(C(=C(O)c3cccc(S(=O)(=O)N(C)C)c3)C(=O)C(=O)N2CCN2CCOCC2)c2ccccc21.